The Morgan fingerprint density at radius 2 is 1.37 bits per heavy atom. The summed E-state index contributed by atoms with van der Waals surface area (Å²) in [5.41, 5.74) is 8.27. The van der Waals surface area contributed by atoms with Crippen molar-refractivity contribution >= 4 is 33.5 Å². The number of halogens is 1. The van der Waals surface area contributed by atoms with Crippen molar-refractivity contribution in [2.45, 2.75) is 19.3 Å². The molecule has 2 aromatic heterocycles. The first kappa shape index (κ1) is 20.4. The van der Waals surface area contributed by atoms with E-state index in [0.717, 1.165) is 38.6 Å². The van der Waals surface area contributed by atoms with Gasteiger partial charge in [0.25, 0.3) is 0 Å². The zero-order valence-electron chi connectivity index (χ0n) is 19.2. The Morgan fingerprint density at radius 1 is 0.657 bits per heavy atom. The summed E-state index contributed by atoms with van der Waals surface area (Å²) < 4.78 is 6.08. The van der Waals surface area contributed by atoms with Crippen LogP contribution in [0.4, 0.5) is 0 Å². The van der Waals surface area contributed by atoms with Crippen LogP contribution in [0, 0.1) is 0 Å². The molecule has 168 valence electrons. The number of hydrogen-bond acceptors (Lipinski definition) is 4. The highest BCUT2D eigenvalue weighted by molar-refractivity contribution is 6.28. The van der Waals surface area contributed by atoms with E-state index in [1.165, 1.54) is 16.7 Å². The third-order valence-corrected chi connectivity index (χ3v) is 7.26. The maximum atomic E-state index is 6.45. The molecule has 4 aromatic carbocycles. The molecule has 1 aliphatic carbocycles. The van der Waals surface area contributed by atoms with Gasteiger partial charge in [-0.3, -0.25) is 0 Å². The first-order valence-corrected chi connectivity index (χ1v) is 12.0. The average Bonchev–Trinajstić information content (AvgIpc) is 3.36. The normalized spacial score (nSPS) is 13.8. The van der Waals surface area contributed by atoms with Gasteiger partial charge in [0.2, 0.25) is 5.28 Å². The van der Waals surface area contributed by atoms with E-state index < -0.39 is 0 Å². The minimum atomic E-state index is -0.103. The number of aromatic nitrogens is 3. The van der Waals surface area contributed by atoms with Crippen molar-refractivity contribution in [2.75, 3.05) is 0 Å². The van der Waals surface area contributed by atoms with Gasteiger partial charge in [0.1, 0.15) is 11.2 Å². The Morgan fingerprint density at radius 3 is 2.29 bits per heavy atom. The second-order valence-electron chi connectivity index (χ2n) is 9.46. The number of furan rings is 1. The van der Waals surface area contributed by atoms with Crippen LogP contribution in [0.15, 0.2) is 89.3 Å². The number of para-hydroxylation sites is 1. The van der Waals surface area contributed by atoms with Crippen molar-refractivity contribution < 1.29 is 4.42 Å². The van der Waals surface area contributed by atoms with Crippen LogP contribution in [0.5, 0.6) is 0 Å². The number of fused-ring (bicyclic) bond motifs is 6. The predicted molar refractivity (Wildman–Crippen MR) is 141 cm³/mol. The molecule has 0 radical (unpaired) electrons. The summed E-state index contributed by atoms with van der Waals surface area (Å²) in [4.78, 5) is 13.9. The number of nitrogens with zero attached hydrogens (tertiary/aromatic N) is 3. The van der Waals surface area contributed by atoms with Crippen molar-refractivity contribution in [3.8, 4) is 33.9 Å². The number of benzene rings is 4. The summed E-state index contributed by atoms with van der Waals surface area (Å²) in [6.45, 7) is 4.52. The van der Waals surface area contributed by atoms with E-state index in [1.54, 1.807) is 0 Å². The van der Waals surface area contributed by atoms with Gasteiger partial charge in [0.15, 0.2) is 11.6 Å². The van der Waals surface area contributed by atoms with Crippen molar-refractivity contribution in [2.24, 2.45) is 0 Å². The molecule has 2 heterocycles. The fourth-order valence-electron chi connectivity index (χ4n) is 5.41. The third-order valence-electron chi connectivity index (χ3n) is 7.09. The van der Waals surface area contributed by atoms with E-state index in [0.29, 0.717) is 11.6 Å². The van der Waals surface area contributed by atoms with Crippen LogP contribution < -0.4 is 0 Å². The molecule has 0 saturated heterocycles. The molecule has 0 atom stereocenters. The predicted octanol–water partition coefficient (Wildman–Crippen LogP) is 8.06. The van der Waals surface area contributed by atoms with Crippen molar-refractivity contribution in [1.82, 2.24) is 15.0 Å². The lowest BCUT2D eigenvalue weighted by Crippen LogP contribution is -2.14. The quantitative estimate of drug-likeness (QED) is 0.255. The molecule has 0 N–H and O–H groups in total. The topological polar surface area (TPSA) is 51.8 Å². The highest BCUT2D eigenvalue weighted by Crippen LogP contribution is 2.51. The molecule has 0 saturated carbocycles. The largest absolute Gasteiger partial charge is 0.456 e. The zero-order valence-corrected chi connectivity index (χ0v) is 20.0. The van der Waals surface area contributed by atoms with Crippen LogP contribution >= 0.6 is 11.6 Å². The highest BCUT2D eigenvalue weighted by Gasteiger charge is 2.37. The van der Waals surface area contributed by atoms with Crippen LogP contribution in [0.25, 0.3) is 55.8 Å². The summed E-state index contributed by atoms with van der Waals surface area (Å²) >= 11 is 6.45. The van der Waals surface area contributed by atoms with Crippen LogP contribution in [0.1, 0.15) is 25.0 Å². The second kappa shape index (κ2) is 7.24. The van der Waals surface area contributed by atoms with Gasteiger partial charge in [0, 0.05) is 27.3 Å². The summed E-state index contributed by atoms with van der Waals surface area (Å²) in [6.07, 6.45) is 0. The van der Waals surface area contributed by atoms with Gasteiger partial charge in [-0.25, -0.2) is 4.98 Å². The molecule has 0 aliphatic heterocycles. The fourth-order valence-corrected chi connectivity index (χ4v) is 5.57. The molecule has 7 rings (SSSR count). The molecule has 0 fully saturated rings. The Hall–Kier alpha value is -4.02. The Bertz CT molecular complexity index is 1800. The molecular formula is C30H20ClN3O. The van der Waals surface area contributed by atoms with Crippen LogP contribution in [-0.2, 0) is 5.41 Å². The van der Waals surface area contributed by atoms with Crippen LogP contribution in [0.2, 0.25) is 5.28 Å². The molecule has 6 aromatic rings. The molecule has 1 aliphatic rings. The molecular weight excluding hydrogens is 454 g/mol. The van der Waals surface area contributed by atoms with E-state index in [1.807, 2.05) is 36.4 Å². The lowest BCUT2D eigenvalue weighted by Gasteiger charge is -2.21. The first-order valence-electron chi connectivity index (χ1n) is 11.6. The van der Waals surface area contributed by atoms with E-state index in [9.17, 15) is 0 Å². The van der Waals surface area contributed by atoms with Gasteiger partial charge in [-0.15, -0.1) is 0 Å². The first-order chi connectivity index (χ1) is 17.0. The molecule has 0 unspecified atom stereocenters. The second-order valence-corrected chi connectivity index (χ2v) is 9.80. The summed E-state index contributed by atoms with van der Waals surface area (Å²) in [5, 5.41) is 2.31. The maximum Gasteiger partial charge on any atom is 0.226 e. The number of hydrogen-bond donors (Lipinski definition) is 0. The summed E-state index contributed by atoms with van der Waals surface area (Å²) in [5.74, 6) is 1.08. The number of rotatable bonds is 2. The van der Waals surface area contributed by atoms with Gasteiger partial charge < -0.3 is 4.42 Å². The minimum absolute atomic E-state index is 0.103. The van der Waals surface area contributed by atoms with E-state index in [4.69, 9.17) is 21.0 Å². The summed E-state index contributed by atoms with van der Waals surface area (Å²) in [6, 6.07) is 28.9. The van der Waals surface area contributed by atoms with Gasteiger partial charge in [-0.1, -0.05) is 80.6 Å². The highest BCUT2D eigenvalue weighted by atomic mass is 35.5. The third kappa shape index (κ3) is 2.96. The van der Waals surface area contributed by atoms with Crippen molar-refractivity contribution in [1.29, 1.82) is 0 Å². The Kier molecular flexibility index (Phi) is 4.21. The molecule has 0 spiro atoms. The standard InChI is InChI=1S/C30H20ClN3O/c1-30(2)22-11-5-3-9-20(22)26-21(10-7-12-23(26)30)28-32-27(33-29(31)34-28)17-14-15-19-18-8-4-6-13-24(18)35-25(19)16-17/h3-16H,1-2H3. The molecule has 4 nitrogen and oxygen atoms in total. The lowest BCUT2D eigenvalue weighted by atomic mass is 9.82. The molecule has 35 heavy (non-hydrogen) atoms. The Balaban J connectivity index is 1.42. The van der Waals surface area contributed by atoms with E-state index in [2.05, 4.69) is 72.3 Å². The minimum Gasteiger partial charge on any atom is -0.456 e. The van der Waals surface area contributed by atoms with E-state index in [-0.39, 0.29) is 10.7 Å². The summed E-state index contributed by atoms with van der Waals surface area (Å²) in [7, 11) is 0. The van der Waals surface area contributed by atoms with E-state index >= 15 is 0 Å². The van der Waals surface area contributed by atoms with Crippen molar-refractivity contribution in [3.63, 3.8) is 0 Å². The van der Waals surface area contributed by atoms with Gasteiger partial charge in [-0.2, -0.15) is 9.97 Å². The van der Waals surface area contributed by atoms with Gasteiger partial charge in [0.05, 0.1) is 0 Å². The SMILES string of the molecule is CC1(C)c2ccccc2-c2c(-c3nc(Cl)nc(-c4ccc5c(c4)oc4ccccc45)n3)cccc21. The average molecular weight is 474 g/mol. The van der Waals surface area contributed by atoms with Gasteiger partial charge >= 0.3 is 0 Å². The van der Waals surface area contributed by atoms with Crippen LogP contribution in [-0.4, -0.2) is 15.0 Å². The van der Waals surface area contributed by atoms with Crippen LogP contribution in [0.3, 0.4) is 0 Å². The smallest absolute Gasteiger partial charge is 0.226 e. The Labute approximate surface area is 207 Å². The van der Waals surface area contributed by atoms with Gasteiger partial charge in [-0.05, 0) is 52.1 Å². The zero-order chi connectivity index (χ0) is 23.7. The monoisotopic (exact) mass is 473 g/mol. The molecule has 0 bridgehead atoms. The van der Waals surface area contributed by atoms with Crippen molar-refractivity contribution in [3.05, 3.63) is 101 Å². The molecule has 5 heteroatoms. The lowest BCUT2D eigenvalue weighted by molar-refractivity contribution is 0.660. The molecule has 0 amide bonds. The fraction of sp³-hybridized carbons (Fsp3) is 0.100. The maximum absolute atomic E-state index is 6.45.